The van der Waals surface area contributed by atoms with Gasteiger partial charge in [0, 0.05) is 41.4 Å². The van der Waals surface area contributed by atoms with Crippen molar-refractivity contribution in [3.8, 4) is 22.5 Å². The highest BCUT2D eigenvalue weighted by Gasteiger charge is 2.33. The number of thiophene rings is 1. The van der Waals surface area contributed by atoms with Gasteiger partial charge in [0.1, 0.15) is 24.3 Å². The van der Waals surface area contributed by atoms with Gasteiger partial charge in [-0.1, -0.05) is 132 Å². The average molecular weight is 875 g/mol. The van der Waals surface area contributed by atoms with Crippen LogP contribution in [0.1, 0.15) is 118 Å². The second-order valence-electron chi connectivity index (χ2n) is 17.7. The van der Waals surface area contributed by atoms with Crippen LogP contribution in [0.2, 0.25) is 0 Å². The highest BCUT2D eigenvalue weighted by atomic mass is 32.1. The molecule has 11 nitrogen and oxygen atoms in total. The van der Waals surface area contributed by atoms with E-state index < -0.39 is 47.9 Å². The van der Waals surface area contributed by atoms with E-state index in [9.17, 15) is 19.2 Å². The number of nitrogens with zero attached hydrogens (tertiary/aromatic N) is 2. The molecule has 0 aliphatic heterocycles. The van der Waals surface area contributed by atoms with Crippen molar-refractivity contribution in [3.63, 3.8) is 0 Å². The number of aromatic nitrogens is 2. The minimum absolute atomic E-state index is 0.000690. The van der Waals surface area contributed by atoms with Gasteiger partial charge in [-0.15, -0.1) is 11.3 Å². The van der Waals surface area contributed by atoms with Crippen molar-refractivity contribution in [1.82, 2.24) is 20.6 Å². The van der Waals surface area contributed by atoms with Crippen molar-refractivity contribution in [2.75, 3.05) is 6.61 Å². The van der Waals surface area contributed by atoms with Crippen LogP contribution >= 0.6 is 11.3 Å². The highest BCUT2D eigenvalue weighted by molar-refractivity contribution is 7.14. The first-order valence-corrected chi connectivity index (χ1v) is 22.6. The van der Waals surface area contributed by atoms with Crippen LogP contribution in [-0.2, 0) is 53.6 Å². The van der Waals surface area contributed by atoms with E-state index in [4.69, 9.17) is 14.2 Å². The van der Waals surface area contributed by atoms with Gasteiger partial charge in [-0.2, -0.15) is 0 Å². The second-order valence-corrected chi connectivity index (χ2v) is 18.8. The number of benzene rings is 3. The smallest absolute Gasteiger partial charge is 0.329 e. The van der Waals surface area contributed by atoms with Crippen LogP contribution in [0.3, 0.4) is 0 Å². The second kappa shape index (κ2) is 23.1. The van der Waals surface area contributed by atoms with Crippen LogP contribution in [0, 0.1) is 0 Å². The summed E-state index contributed by atoms with van der Waals surface area (Å²) in [4.78, 5) is 65.1. The molecule has 0 spiro atoms. The van der Waals surface area contributed by atoms with Crippen molar-refractivity contribution in [2.45, 2.75) is 130 Å². The Morgan fingerprint density at radius 2 is 1.30 bits per heavy atom. The summed E-state index contributed by atoms with van der Waals surface area (Å²) in [6, 6.07) is 25.9. The Hall–Kier alpha value is -5.72. The van der Waals surface area contributed by atoms with Gasteiger partial charge in [-0.3, -0.25) is 14.4 Å². The van der Waals surface area contributed by atoms with Crippen LogP contribution in [0.4, 0.5) is 0 Å². The summed E-state index contributed by atoms with van der Waals surface area (Å²) in [5, 5.41) is 5.59. The van der Waals surface area contributed by atoms with Gasteiger partial charge in [-0.25, -0.2) is 14.8 Å². The average Bonchev–Trinajstić information content (AvgIpc) is 3.77. The van der Waals surface area contributed by atoms with E-state index in [1.807, 2.05) is 72.8 Å². The van der Waals surface area contributed by atoms with Gasteiger partial charge in [0.2, 0.25) is 5.91 Å². The summed E-state index contributed by atoms with van der Waals surface area (Å²) in [7, 11) is 0. The van der Waals surface area contributed by atoms with Crippen molar-refractivity contribution >= 4 is 35.1 Å². The Morgan fingerprint density at radius 1 is 0.667 bits per heavy atom. The lowest BCUT2D eigenvalue weighted by molar-refractivity contribution is -0.162. The maximum absolute atomic E-state index is 14.2. The molecule has 5 rings (SSSR count). The number of esters is 2. The third kappa shape index (κ3) is 15.9. The fourth-order valence-electron chi connectivity index (χ4n) is 6.55. The topological polar surface area (TPSA) is 146 Å². The first-order chi connectivity index (χ1) is 30.1. The Morgan fingerprint density at radius 3 is 1.94 bits per heavy atom. The number of ether oxygens (including phenoxy) is 3. The minimum Gasteiger partial charge on any atom is -0.461 e. The van der Waals surface area contributed by atoms with Gasteiger partial charge in [0.15, 0.2) is 5.82 Å². The zero-order chi connectivity index (χ0) is 45.4. The van der Waals surface area contributed by atoms with E-state index in [1.165, 1.54) is 37.0 Å². The van der Waals surface area contributed by atoms with Gasteiger partial charge < -0.3 is 24.8 Å². The lowest BCUT2D eigenvalue weighted by Gasteiger charge is -2.26. The summed E-state index contributed by atoms with van der Waals surface area (Å²) in [5.74, 6) is -2.07. The predicted octanol–water partition coefficient (Wildman–Crippen LogP) is 9.96. The maximum Gasteiger partial charge on any atom is 0.329 e. The molecule has 2 amide bonds. The number of amides is 2. The molecule has 3 aromatic carbocycles. The van der Waals surface area contributed by atoms with Crippen molar-refractivity contribution < 1.29 is 33.4 Å². The SMILES string of the molecule is CCCCCCCOCc1ccc(-c2cnc(-c3ccc(CC(NC(=O)c4ccc(C(C)(C)C)s4)C(=O)NC(CC(=O)OCc4ccccc4)C(=O)OC(C)(C)C)cc3)nc2)cc1. The molecule has 12 heteroatoms. The Bertz CT molecular complexity index is 2230. The third-order valence-corrected chi connectivity index (χ3v) is 11.6. The van der Waals surface area contributed by atoms with Crippen LogP contribution < -0.4 is 10.6 Å². The number of rotatable bonds is 21. The van der Waals surface area contributed by atoms with E-state index in [2.05, 4.69) is 60.4 Å². The molecule has 2 heterocycles. The molecule has 334 valence electrons. The molecule has 0 aliphatic rings. The molecule has 0 radical (unpaired) electrons. The molecule has 0 saturated heterocycles. The number of hydrogen-bond donors (Lipinski definition) is 2. The zero-order valence-electron chi connectivity index (χ0n) is 37.7. The Labute approximate surface area is 376 Å². The monoisotopic (exact) mass is 874 g/mol. The normalized spacial score (nSPS) is 12.6. The van der Waals surface area contributed by atoms with Gasteiger partial charge in [0.25, 0.3) is 5.91 Å². The van der Waals surface area contributed by atoms with Crippen LogP contribution in [0.25, 0.3) is 22.5 Å². The fraction of sp³-hybridized carbons (Fsp3) is 0.412. The first kappa shape index (κ1) is 48.3. The van der Waals surface area contributed by atoms with E-state index in [-0.39, 0.29) is 18.4 Å². The minimum atomic E-state index is -1.38. The van der Waals surface area contributed by atoms with Crippen molar-refractivity contribution in [2.24, 2.45) is 0 Å². The lowest BCUT2D eigenvalue weighted by Crippen LogP contribution is -2.53. The van der Waals surface area contributed by atoms with Gasteiger partial charge in [-0.05, 0) is 67.0 Å². The van der Waals surface area contributed by atoms with Crippen molar-refractivity contribution in [1.29, 1.82) is 0 Å². The molecule has 0 bridgehead atoms. The van der Waals surface area contributed by atoms with Gasteiger partial charge in [0.05, 0.1) is 17.9 Å². The number of nitrogens with one attached hydrogen (secondary N) is 2. The number of unbranched alkanes of at least 4 members (excludes halogenated alkanes) is 4. The predicted molar refractivity (Wildman–Crippen MR) is 248 cm³/mol. The number of hydrogen-bond acceptors (Lipinski definition) is 10. The molecule has 0 fully saturated rings. The van der Waals surface area contributed by atoms with E-state index in [1.54, 1.807) is 39.2 Å². The molecule has 5 aromatic rings. The zero-order valence-corrected chi connectivity index (χ0v) is 38.5. The molecular formula is C51H62N4O7S. The van der Waals surface area contributed by atoms with Crippen LogP contribution in [0.5, 0.6) is 0 Å². The summed E-state index contributed by atoms with van der Waals surface area (Å²) < 4.78 is 16.9. The Kier molecular flexibility index (Phi) is 17.7. The maximum atomic E-state index is 14.2. The van der Waals surface area contributed by atoms with Crippen molar-refractivity contribution in [3.05, 3.63) is 130 Å². The summed E-state index contributed by atoms with van der Waals surface area (Å²) >= 11 is 1.35. The fourth-order valence-corrected chi connectivity index (χ4v) is 7.51. The molecule has 63 heavy (non-hydrogen) atoms. The molecular weight excluding hydrogens is 813 g/mol. The third-order valence-electron chi connectivity index (χ3n) is 10.1. The largest absolute Gasteiger partial charge is 0.461 e. The van der Waals surface area contributed by atoms with E-state index in [0.717, 1.165) is 51.3 Å². The standard InChI is InChI=1S/C51H62N4O7S/c1-8-9-10-11-15-28-60-33-37-20-22-38(23-21-37)40-31-52-46(53-32-40)39-24-18-35(19-25-39)29-41(54-48(58)43-26-27-44(63-43)50(2,3)4)47(57)55-42(49(59)62-51(5,6)7)30-45(56)61-34-36-16-13-12-14-17-36/h12-14,16-27,31-32,41-42H,8-11,15,28-30,33-34H2,1-7H3,(H,54,58)(H,55,57). The van der Waals surface area contributed by atoms with Crippen LogP contribution in [0.15, 0.2) is 103 Å². The molecule has 2 unspecified atom stereocenters. The lowest BCUT2D eigenvalue weighted by atomic mass is 9.95. The molecule has 2 aromatic heterocycles. The molecule has 0 aliphatic carbocycles. The number of carbonyl (C=O) groups excluding carboxylic acids is 4. The summed E-state index contributed by atoms with van der Waals surface area (Å²) in [6.07, 6.45) is 9.26. The first-order valence-electron chi connectivity index (χ1n) is 21.8. The van der Waals surface area contributed by atoms with E-state index in [0.29, 0.717) is 17.3 Å². The van der Waals surface area contributed by atoms with Gasteiger partial charge >= 0.3 is 11.9 Å². The number of carbonyl (C=O) groups is 4. The van der Waals surface area contributed by atoms with E-state index >= 15 is 0 Å². The molecule has 0 saturated carbocycles. The molecule has 2 N–H and O–H groups in total. The Balaban J connectivity index is 1.28. The highest BCUT2D eigenvalue weighted by Crippen LogP contribution is 2.30. The summed E-state index contributed by atoms with van der Waals surface area (Å²) in [5.41, 5.74) is 4.21. The summed E-state index contributed by atoms with van der Waals surface area (Å²) in [6.45, 7) is 14.9. The van der Waals surface area contributed by atoms with Crippen LogP contribution in [-0.4, -0.2) is 58.0 Å². The molecule has 2 atom stereocenters. The quantitative estimate of drug-likeness (QED) is 0.0544.